The van der Waals surface area contributed by atoms with Crippen molar-refractivity contribution in [2.75, 3.05) is 19.8 Å². The number of carboxylic acids is 1. The van der Waals surface area contributed by atoms with Crippen molar-refractivity contribution in [1.29, 1.82) is 0 Å². The topological polar surface area (TPSA) is 411 Å². The van der Waals surface area contributed by atoms with Crippen molar-refractivity contribution in [3.8, 4) is 0 Å². The summed E-state index contributed by atoms with van der Waals surface area (Å²) in [5, 5.41) is 161. The Hall–Kier alpha value is -2.16. The van der Waals surface area contributed by atoms with Gasteiger partial charge in [0.25, 0.3) is 0 Å². The zero-order valence-corrected chi connectivity index (χ0v) is 45.8. The number of fused-ring (bicyclic) bond motifs is 7. The molecule has 25 nitrogen and oxygen atoms in total. The van der Waals surface area contributed by atoms with E-state index in [1.165, 1.54) is 0 Å². The Kier molecular flexibility index (Phi) is 17.1. The first-order valence-corrected chi connectivity index (χ1v) is 27.9. The third-order valence-electron chi connectivity index (χ3n) is 21.6. The summed E-state index contributed by atoms with van der Waals surface area (Å²) in [4.78, 5) is 27.7. The summed E-state index contributed by atoms with van der Waals surface area (Å²) in [5.41, 5.74) is -2.69. The molecule has 79 heavy (non-hydrogen) atoms. The van der Waals surface area contributed by atoms with Gasteiger partial charge in [0.15, 0.2) is 25.0 Å². The maximum absolute atomic E-state index is 14.8. The van der Waals surface area contributed by atoms with Gasteiger partial charge in [-0.05, 0) is 103 Å². The second-order valence-corrected chi connectivity index (χ2v) is 26.4. The quantitative estimate of drug-likeness (QED) is 0.0527. The van der Waals surface area contributed by atoms with Crippen LogP contribution in [-0.4, -0.2) is 243 Å². The molecule has 5 aliphatic carbocycles. The van der Waals surface area contributed by atoms with Crippen molar-refractivity contribution in [3.05, 3.63) is 11.6 Å². The van der Waals surface area contributed by atoms with Gasteiger partial charge in [-0.3, -0.25) is 4.79 Å². The predicted octanol–water partition coefficient (Wildman–Crippen LogP) is -2.97. The van der Waals surface area contributed by atoms with Gasteiger partial charge in [0.05, 0.1) is 37.4 Å². The van der Waals surface area contributed by atoms with Gasteiger partial charge in [-0.25, -0.2) is 4.79 Å². The minimum Gasteiger partial charge on any atom is -0.479 e. The van der Waals surface area contributed by atoms with Crippen LogP contribution in [0.3, 0.4) is 0 Å². The summed E-state index contributed by atoms with van der Waals surface area (Å²) in [6.07, 6.45) is -31.5. The number of allylic oxidation sites excluding steroid dienone is 2. The van der Waals surface area contributed by atoms with Crippen LogP contribution >= 0.6 is 0 Å². The van der Waals surface area contributed by atoms with E-state index < -0.39 is 194 Å². The summed E-state index contributed by atoms with van der Waals surface area (Å²) in [5.74, 6) is -2.78. The van der Waals surface area contributed by atoms with E-state index in [4.69, 9.17) is 37.9 Å². The number of hydrogen-bond donors (Lipinski definition) is 15. The Balaban J connectivity index is 1.01. The van der Waals surface area contributed by atoms with Crippen LogP contribution in [0.2, 0.25) is 0 Å². The molecule has 0 spiro atoms. The Morgan fingerprint density at radius 2 is 1.08 bits per heavy atom. The number of aliphatic carboxylic acids is 1. The maximum Gasteiger partial charge on any atom is 0.335 e. The second-order valence-electron chi connectivity index (χ2n) is 26.4. The van der Waals surface area contributed by atoms with Crippen molar-refractivity contribution >= 4 is 11.9 Å². The number of carboxylic acid groups (broad SMARTS) is 1. The van der Waals surface area contributed by atoms with E-state index >= 15 is 0 Å². The standard InChI is InChI=1S/C54H86O25/c1-49(2)16-22-21-8-9-27-51(5)12-11-29(50(3,4)26(51)10-13-53(27,7)52(21,6)14-15-54(22,17-28(49)58)48(71)79-46-38(67)35(64)32(61)25(20-57)74-46)75-47-42(78-45-37(66)34(63)31(60)24(19-56)73-45)40(39(68)41(77-47)43(69)70)76-44-36(65)33(62)30(59)23(18-55)72-44/h8,22-42,44-47,55-68H,9-20H2,1-7H3,(H,69,70). The highest BCUT2D eigenvalue weighted by molar-refractivity contribution is 5.79. The normalized spacial score (nSPS) is 53.3. The van der Waals surface area contributed by atoms with E-state index in [-0.39, 0.29) is 29.1 Å². The molecule has 9 aliphatic rings. The van der Waals surface area contributed by atoms with Gasteiger partial charge in [-0.1, -0.05) is 60.1 Å². The molecular weight excluding hydrogens is 1050 g/mol. The third-order valence-corrected chi connectivity index (χ3v) is 21.6. The lowest BCUT2D eigenvalue weighted by Crippen LogP contribution is -2.69. The molecule has 0 amide bonds. The zero-order chi connectivity index (χ0) is 58.0. The average Bonchev–Trinajstić information content (AvgIpc) is 3.58. The number of aliphatic hydroxyl groups excluding tert-OH is 14. The van der Waals surface area contributed by atoms with Gasteiger partial charge in [-0.2, -0.15) is 0 Å². The monoisotopic (exact) mass is 1130 g/mol. The molecule has 452 valence electrons. The number of carbonyl (C=O) groups excluding carboxylic acids is 1. The van der Waals surface area contributed by atoms with Crippen LogP contribution in [0.25, 0.3) is 0 Å². The predicted molar refractivity (Wildman–Crippen MR) is 265 cm³/mol. The van der Waals surface area contributed by atoms with E-state index in [1.807, 2.05) is 27.7 Å². The smallest absolute Gasteiger partial charge is 0.335 e. The van der Waals surface area contributed by atoms with Crippen molar-refractivity contribution in [2.24, 2.45) is 50.2 Å². The van der Waals surface area contributed by atoms with Crippen LogP contribution in [0.1, 0.15) is 106 Å². The van der Waals surface area contributed by atoms with E-state index in [9.17, 15) is 86.2 Å². The lowest BCUT2D eigenvalue weighted by atomic mass is 9.33. The van der Waals surface area contributed by atoms with Crippen LogP contribution in [0, 0.1) is 50.2 Å². The van der Waals surface area contributed by atoms with Crippen LogP contribution in [0.4, 0.5) is 0 Å². The summed E-state index contributed by atoms with van der Waals surface area (Å²) >= 11 is 0. The van der Waals surface area contributed by atoms with E-state index in [0.29, 0.717) is 44.9 Å². The lowest BCUT2D eigenvalue weighted by molar-refractivity contribution is -0.396. The minimum atomic E-state index is -2.17. The SMILES string of the molecule is CC1(C)CC2C3=CCC4C5(C)CCC(OC6OC(C(=O)O)C(O)C(OC7OC(CO)C(O)C(O)C7O)C6OC6OC(CO)C(O)C(O)C6O)C(C)(C)C5CCC4(C)C3(C)CCC2(C(=O)OC2OC(CO)C(O)C(O)C2O)CC1O. The molecule has 9 rings (SSSR count). The van der Waals surface area contributed by atoms with Crippen LogP contribution in [-0.2, 0) is 47.5 Å². The van der Waals surface area contributed by atoms with Gasteiger partial charge in [0, 0.05) is 0 Å². The second kappa shape index (κ2) is 22.0. The van der Waals surface area contributed by atoms with Gasteiger partial charge >= 0.3 is 11.9 Å². The van der Waals surface area contributed by atoms with Gasteiger partial charge in [0.1, 0.15) is 91.6 Å². The van der Waals surface area contributed by atoms with E-state index in [2.05, 4.69) is 26.8 Å². The molecule has 25 heteroatoms. The Morgan fingerprint density at radius 1 is 0.557 bits per heavy atom. The van der Waals surface area contributed by atoms with Gasteiger partial charge < -0.3 is 114 Å². The summed E-state index contributed by atoms with van der Waals surface area (Å²) in [6.45, 7) is 12.5. The number of carbonyl (C=O) groups is 2. The molecule has 0 aromatic rings. The van der Waals surface area contributed by atoms with Crippen LogP contribution < -0.4 is 0 Å². The number of aliphatic hydroxyl groups is 14. The first-order valence-electron chi connectivity index (χ1n) is 27.9. The Morgan fingerprint density at radius 3 is 1.61 bits per heavy atom. The molecule has 0 aromatic carbocycles. The first kappa shape index (κ1) is 61.4. The zero-order valence-electron chi connectivity index (χ0n) is 45.8. The minimum absolute atomic E-state index is 0.0641. The van der Waals surface area contributed by atoms with E-state index in [1.54, 1.807) is 0 Å². The molecule has 0 radical (unpaired) electrons. The van der Waals surface area contributed by atoms with Crippen LogP contribution in [0.5, 0.6) is 0 Å². The Bertz CT molecular complexity index is 2230. The van der Waals surface area contributed by atoms with Gasteiger partial charge in [-0.15, -0.1) is 0 Å². The molecule has 4 heterocycles. The molecule has 29 atom stereocenters. The highest BCUT2D eigenvalue weighted by Crippen LogP contribution is 2.76. The molecule has 29 unspecified atom stereocenters. The summed E-state index contributed by atoms with van der Waals surface area (Å²) in [6, 6.07) is 0. The molecule has 8 fully saturated rings. The highest BCUT2D eigenvalue weighted by Gasteiger charge is 2.71. The number of hydrogen-bond acceptors (Lipinski definition) is 24. The molecule has 4 saturated heterocycles. The number of rotatable bonds is 12. The van der Waals surface area contributed by atoms with Crippen molar-refractivity contribution in [3.63, 3.8) is 0 Å². The largest absolute Gasteiger partial charge is 0.479 e. The van der Waals surface area contributed by atoms with Crippen LogP contribution in [0.15, 0.2) is 11.6 Å². The maximum atomic E-state index is 14.8. The summed E-state index contributed by atoms with van der Waals surface area (Å²) in [7, 11) is 0. The third kappa shape index (κ3) is 9.85. The Labute approximate surface area is 457 Å². The molecule has 0 aromatic heterocycles. The van der Waals surface area contributed by atoms with Gasteiger partial charge in [0.2, 0.25) is 6.29 Å². The summed E-state index contributed by atoms with van der Waals surface area (Å²) < 4.78 is 48.1. The van der Waals surface area contributed by atoms with Crippen molar-refractivity contribution in [2.45, 2.75) is 241 Å². The fraction of sp³-hybridized carbons (Fsp3) is 0.926. The molecule has 4 saturated carbocycles. The highest BCUT2D eigenvalue weighted by atomic mass is 16.8. The molecule has 0 bridgehead atoms. The fourth-order valence-electron chi connectivity index (χ4n) is 16.5. The first-order chi connectivity index (χ1) is 36.9. The number of esters is 1. The average molecular weight is 1140 g/mol. The van der Waals surface area contributed by atoms with E-state index in [0.717, 1.165) is 12.0 Å². The molecular formula is C54H86O25. The molecule has 4 aliphatic heterocycles. The lowest BCUT2D eigenvalue weighted by Gasteiger charge is -2.71. The number of ether oxygens (including phenoxy) is 8. The fourth-order valence-corrected chi connectivity index (χ4v) is 16.5. The van der Waals surface area contributed by atoms with Crippen molar-refractivity contribution in [1.82, 2.24) is 0 Å². The van der Waals surface area contributed by atoms with Crippen molar-refractivity contribution < 1.29 is 124 Å². The molecule has 15 N–H and O–H groups in total.